The van der Waals surface area contributed by atoms with Crippen molar-refractivity contribution in [3.05, 3.63) is 109 Å². The number of phosphoric ester groups is 1. The molecule has 0 fully saturated rings. The van der Waals surface area contributed by atoms with Crippen molar-refractivity contribution >= 4 is 19.8 Å². The van der Waals surface area contributed by atoms with E-state index in [9.17, 15) is 14.2 Å². The number of ether oxygens (including phenoxy) is 2. The second-order valence-corrected chi connectivity index (χ2v) is 14.1. The van der Waals surface area contributed by atoms with E-state index in [4.69, 9.17) is 19.3 Å². The molecule has 0 radical (unpaired) electrons. The van der Waals surface area contributed by atoms with Crippen molar-refractivity contribution in [3.63, 3.8) is 0 Å². The predicted octanol–water partition coefficient (Wildman–Crippen LogP) is 12.4. The first kappa shape index (κ1) is 50.7. The molecule has 0 aliphatic heterocycles. The highest BCUT2D eigenvalue weighted by atomic mass is 31.2. The molecule has 9 heteroatoms. The van der Waals surface area contributed by atoms with Gasteiger partial charge in [0.25, 0.3) is 0 Å². The minimum atomic E-state index is -4.79. The zero-order chi connectivity index (χ0) is 39.6. The standard InChI is InChI=1S/C45H71O8P/c1-3-5-7-9-11-13-15-17-19-21-22-24-26-28-30-32-34-36-38-40-45(47)53-43(42-52-54(48,49)50)41-51-44(46)39-37-35-33-31-29-27-25-23-20-18-16-14-12-10-8-6-4-2/h5,7,11,13,17-20,22,24-25,27-28,30-31,33-34,36,43H,3-4,6,8-10,12,14-16,21,23,26,29,32,35,37-42H2,1-2H3,(H2,48,49,50)/b7-5+,13-11+,19-17+,20-18+,24-22+,27-25+,30-28+,33-31+,36-34+/t43-/m1/s1. The molecular formula is C45H71O8P. The lowest BCUT2D eigenvalue weighted by atomic mass is 10.1. The number of carbonyl (C=O) groups excluding carboxylic acids is 2. The summed E-state index contributed by atoms with van der Waals surface area (Å²) in [5.41, 5.74) is 0. The van der Waals surface area contributed by atoms with Gasteiger partial charge < -0.3 is 19.3 Å². The van der Waals surface area contributed by atoms with E-state index < -0.39 is 32.5 Å². The van der Waals surface area contributed by atoms with Gasteiger partial charge in [-0.05, 0) is 83.5 Å². The molecule has 8 nitrogen and oxygen atoms in total. The minimum Gasteiger partial charge on any atom is -0.462 e. The summed E-state index contributed by atoms with van der Waals surface area (Å²) in [5, 5.41) is 0. The summed E-state index contributed by atoms with van der Waals surface area (Å²) in [5.74, 6) is -1.06. The summed E-state index contributed by atoms with van der Waals surface area (Å²) >= 11 is 0. The van der Waals surface area contributed by atoms with Crippen LogP contribution in [0.3, 0.4) is 0 Å². The lowest BCUT2D eigenvalue weighted by Crippen LogP contribution is -2.29. The number of hydrogen-bond donors (Lipinski definition) is 2. The van der Waals surface area contributed by atoms with Gasteiger partial charge in [0.05, 0.1) is 6.61 Å². The molecule has 0 aromatic carbocycles. The molecule has 0 saturated carbocycles. The molecule has 0 amide bonds. The van der Waals surface area contributed by atoms with E-state index in [-0.39, 0.29) is 19.4 Å². The Morgan fingerprint density at radius 2 is 0.926 bits per heavy atom. The van der Waals surface area contributed by atoms with E-state index in [1.165, 1.54) is 38.5 Å². The Bertz CT molecular complexity index is 1230. The smallest absolute Gasteiger partial charge is 0.462 e. The highest BCUT2D eigenvalue weighted by Gasteiger charge is 2.22. The highest BCUT2D eigenvalue weighted by molar-refractivity contribution is 7.46. The topological polar surface area (TPSA) is 119 Å². The van der Waals surface area contributed by atoms with Crippen molar-refractivity contribution in [3.8, 4) is 0 Å². The summed E-state index contributed by atoms with van der Waals surface area (Å²) in [4.78, 5) is 42.7. The van der Waals surface area contributed by atoms with Crippen LogP contribution in [0.1, 0.15) is 142 Å². The van der Waals surface area contributed by atoms with Gasteiger partial charge in [0.2, 0.25) is 0 Å². The second-order valence-electron chi connectivity index (χ2n) is 12.9. The SMILES string of the molecule is CC/C=C/C/C=C/C/C=C/C/C=C/C/C=C/C/C=C/CCC(=O)O[C@H](COC(=O)CCC/C=C/C/C=C/C/C=C/CCCCCCCC)COP(=O)(O)O. The maximum absolute atomic E-state index is 12.4. The molecule has 0 unspecified atom stereocenters. The average molecular weight is 771 g/mol. The van der Waals surface area contributed by atoms with Crippen LogP contribution in [-0.4, -0.2) is 41.0 Å². The van der Waals surface area contributed by atoms with Gasteiger partial charge in [-0.1, -0.05) is 155 Å². The second kappa shape index (κ2) is 39.4. The third-order valence-electron chi connectivity index (χ3n) is 7.79. The summed E-state index contributed by atoms with van der Waals surface area (Å²) in [7, 11) is -4.79. The normalized spacial score (nSPS) is 13.6. The molecule has 2 N–H and O–H groups in total. The van der Waals surface area contributed by atoms with Gasteiger partial charge in [0, 0.05) is 12.8 Å². The van der Waals surface area contributed by atoms with Gasteiger partial charge >= 0.3 is 19.8 Å². The van der Waals surface area contributed by atoms with Crippen LogP contribution in [0.15, 0.2) is 109 Å². The van der Waals surface area contributed by atoms with Crippen molar-refractivity contribution in [1.29, 1.82) is 0 Å². The molecule has 0 aromatic rings. The summed E-state index contributed by atoms with van der Waals surface area (Å²) in [6, 6.07) is 0. The minimum absolute atomic E-state index is 0.0694. The number of allylic oxidation sites excluding steroid dienone is 18. The molecule has 304 valence electrons. The number of phosphoric acid groups is 1. The van der Waals surface area contributed by atoms with Crippen LogP contribution in [0.4, 0.5) is 0 Å². The van der Waals surface area contributed by atoms with E-state index in [0.717, 1.165) is 64.2 Å². The van der Waals surface area contributed by atoms with Gasteiger partial charge in [0.15, 0.2) is 6.10 Å². The van der Waals surface area contributed by atoms with Crippen molar-refractivity contribution in [2.75, 3.05) is 13.2 Å². The van der Waals surface area contributed by atoms with E-state index in [2.05, 4.69) is 110 Å². The van der Waals surface area contributed by atoms with Crippen LogP contribution in [0.25, 0.3) is 0 Å². The summed E-state index contributed by atoms with van der Waals surface area (Å²) in [6.07, 6.45) is 55.4. The van der Waals surface area contributed by atoms with Crippen LogP contribution in [0.5, 0.6) is 0 Å². The number of unbranched alkanes of at least 4 members (excludes halogenated alkanes) is 7. The molecular weight excluding hydrogens is 699 g/mol. The van der Waals surface area contributed by atoms with Gasteiger partial charge in [-0.25, -0.2) is 4.57 Å². The van der Waals surface area contributed by atoms with Crippen LogP contribution in [0, 0.1) is 0 Å². The maximum Gasteiger partial charge on any atom is 0.469 e. The molecule has 0 heterocycles. The fourth-order valence-electron chi connectivity index (χ4n) is 4.82. The quantitative estimate of drug-likeness (QED) is 0.0283. The van der Waals surface area contributed by atoms with Crippen LogP contribution < -0.4 is 0 Å². The number of esters is 2. The number of carbonyl (C=O) groups is 2. The first-order chi connectivity index (χ1) is 26.3. The molecule has 54 heavy (non-hydrogen) atoms. The fraction of sp³-hybridized carbons (Fsp3) is 0.556. The third-order valence-corrected chi connectivity index (χ3v) is 8.27. The van der Waals surface area contributed by atoms with E-state index in [0.29, 0.717) is 12.8 Å². The van der Waals surface area contributed by atoms with E-state index in [1.54, 1.807) is 0 Å². The highest BCUT2D eigenvalue weighted by Crippen LogP contribution is 2.35. The zero-order valence-corrected chi connectivity index (χ0v) is 34.2. The molecule has 0 aliphatic carbocycles. The lowest BCUT2D eigenvalue weighted by molar-refractivity contribution is -0.161. The first-order valence-corrected chi connectivity index (χ1v) is 21.7. The summed E-state index contributed by atoms with van der Waals surface area (Å²) in [6.45, 7) is 3.44. The summed E-state index contributed by atoms with van der Waals surface area (Å²) < 4.78 is 26.2. The Morgan fingerprint density at radius 3 is 1.41 bits per heavy atom. The lowest BCUT2D eigenvalue weighted by Gasteiger charge is -2.18. The van der Waals surface area contributed by atoms with Crippen molar-refractivity contribution in [1.82, 2.24) is 0 Å². The molecule has 1 atom stereocenters. The molecule has 0 bridgehead atoms. The van der Waals surface area contributed by atoms with Crippen LogP contribution in [0.2, 0.25) is 0 Å². The Kier molecular flexibility index (Phi) is 37.0. The molecule has 0 aliphatic rings. The molecule has 0 rings (SSSR count). The fourth-order valence-corrected chi connectivity index (χ4v) is 5.19. The molecule has 0 spiro atoms. The Hall–Kier alpha value is -3.29. The Labute approximate surface area is 327 Å². The Balaban J connectivity index is 4.19. The van der Waals surface area contributed by atoms with Crippen molar-refractivity contribution in [2.24, 2.45) is 0 Å². The van der Waals surface area contributed by atoms with Gasteiger partial charge in [-0.2, -0.15) is 0 Å². The predicted molar refractivity (Wildman–Crippen MR) is 225 cm³/mol. The first-order valence-electron chi connectivity index (χ1n) is 20.2. The van der Waals surface area contributed by atoms with Crippen LogP contribution >= 0.6 is 7.82 Å². The average Bonchev–Trinajstić information content (AvgIpc) is 3.14. The van der Waals surface area contributed by atoms with E-state index >= 15 is 0 Å². The third kappa shape index (κ3) is 41.5. The molecule has 0 aromatic heterocycles. The van der Waals surface area contributed by atoms with Crippen molar-refractivity contribution in [2.45, 2.75) is 148 Å². The monoisotopic (exact) mass is 770 g/mol. The largest absolute Gasteiger partial charge is 0.469 e. The van der Waals surface area contributed by atoms with Gasteiger partial charge in [-0.15, -0.1) is 0 Å². The van der Waals surface area contributed by atoms with Crippen LogP contribution in [-0.2, 0) is 28.2 Å². The van der Waals surface area contributed by atoms with E-state index in [1.807, 2.05) is 18.2 Å². The number of hydrogen-bond acceptors (Lipinski definition) is 6. The van der Waals surface area contributed by atoms with Gasteiger partial charge in [-0.3, -0.25) is 14.1 Å². The van der Waals surface area contributed by atoms with Gasteiger partial charge in [0.1, 0.15) is 6.61 Å². The maximum atomic E-state index is 12.4. The van der Waals surface area contributed by atoms with Crippen molar-refractivity contribution < 1.29 is 37.9 Å². The number of rotatable bonds is 35. The zero-order valence-electron chi connectivity index (χ0n) is 33.3. The molecule has 0 saturated heterocycles. The Morgan fingerprint density at radius 1 is 0.500 bits per heavy atom.